The third-order valence-electron chi connectivity index (χ3n) is 6.16. The summed E-state index contributed by atoms with van der Waals surface area (Å²) in [5.41, 5.74) is 2.38. The first-order chi connectivity index (χ1) is 16.7. The molecule has 5 rings (SSSR count). The molecule has 2 atom stereocenters. The molecule has 0 unspecified atom stereocenters. The van der Waals surface area contributed by atoms with Crippen LogP contribution >= 0.6 is 11.6 Å². The predicted octanol–water partition coefficient (Wildman–Crippen LogP) is 4.16. The minimum atomic E-state index is -0.552. The number of hydrogen-bond acceptors (Lipinski definition) is 7. The molecule has 0 spiro atoms. The molecule has 0 aliphatic carbocycles. The highest BCUT2D eigenvalue weighted by Gasteiger charge is 2.30. The summed E-state index contributed by atoms with van der Waals surface area (Å²) < 4.78 is 22.6. The Kier molecular flexibility index (Phi) is 5.98. The molecule has 8 nitrogen and oxygen atoms in total. The molecular formula is C25H24ClFN6O2. The van der Waals surface area contributed by atoms with Crippen LogP contribution < -0.4 is 10.5 Å². The van der Waals surface area contributed by atoms with E-state index in [1.165, 1.54) is 10.6 Å². The molecule has 180 valence electrons. The molecule has 1 aliphatic heterocycles. The van der Waals surface area contributed by atoms with Crippen LogP contribution in [0, 0.1) is 19.7 Å². The van der Waals surface area contributed by atoms with E-state index in [4.69, 9.17) is 21.3 Å². The fourth-order valence-electron chi connectivity index (χ4n) is 4.32. The number of aryl methyl sites for hydroxylation is 2. The summed E-state index contributed by atoms with van der Waals surface area (Å²) in [6.07, 6.45) is 1.38. The van der Waals surface area contributed by atoms with Crippen molar-refractivity contribution in [2.24, 2.45) is 7.05 Å². The van der Waals surface area contributed by atoms with Crippen LogP contribution in [-0.4, -0.2) is 43.7 Å². The minimum absolute atomic E-state index is 0.128. The van der Waals surface area contributed by atoms with Gasteiger partial charge in [0.15, 0.2) is 5.52 Å². The zero-order valence-electron chi connectivity index (χ0n) is 19.8. The zero-order valence-corrected chi connectivity index (χ0v) is 20.5. The van der Waals surface area contributed by atoms with Gasteiger partial charge in [-0.05, 0) is 56.7 Å². The van der Waals surface area contributed by atoms with E-state index < -0.39 is 5.82 Å². The summed E-state index contributed by atoms with van der Waals surface area (Å²) in [6, 6.07) is 8.25. The maximum atomic E-state index is 15.0. The van der Waals surface area contributed by atoms with Crippen LogP contribution in [0.5, 0.6) is 0 Å². The maximum absolute atomic E-state index is 15.0. The minimum Gasteiger partial charge on any atom is -0.367 e. The third kappa shape index (κ3) is 4.37. The van der Waals surface area contributed by atoms with Crippen molar-refractivity contribution in [2.45, 2.75) is 33.0 Å². The van der Waals surface area contributed by atoms with E-state index in [0.29, 0.717) is 24.9 Å². The van der Waals surface area contributed by atoms with Crippen LogP contribution in [0.15, 0.2) is 41.3 Å². The number of hydrogen-bond donors (Lipinski definition) is 0. The van der Waals surface area contributed by atoms with Gasteiger partial charge in [0.05, 0.1) is 12.6 Å². The summed E-state index contributed by atoms with van der Waals surface area (Å²) >= 11 is 5.98. The lowest BCUT2D eigenvalue weighted by Crippen LogP contribution is -2.44. The molecular weight excluding hydrogens is 471 g/mol. The van der Waals surface area contributed by atoms with Crippen molar-refractivity contribution in [3.63, 3.8) is 0 Å². The Morgan fingerprint density at radius 1 is 1.09 bits per heavy atom. The Hall–Kier alpha value is -3.43. The van der Waals surface area contributed by atoms with E-state index in [0.717, 1.165) is 11.3 Å². The van der Waals surface area contributed by atoms with Gasteiger partial charge >= 0.3 is 0 Å². The van der Waals surface area contributed by atoms with Crippen molar-refractivity contribution < 1.29 is 9.13 Å². The standard InChI is InChI=1S/C25H24ClFN6O2/c1-13-9-16(7-8-28-13)20-12-33(11-14(2)35-20)25-30-21(18-6-5-17(26)10-19(18)27)22-23(31-25)24(34)32(4)15(3)29-22/h5-10,14,20H,11-12H2,1-4H3/t14-,20-/m1/s1. The first-order valence-corrected chi connectivity index (χ1v) is 11.6. The van der Waals surface area contributed by atoms with Crippen LogP contribution in [0.25, 0.3) is 22.3 Å². The zero-order chi connectivity index (χ0) is 24.9. The number of morpholine rings is 1. The molecule has 1 aliphatic rings. The van der Waals surface area contributed by atoms with Crippen molar-refractivity contribution in [2.75, 3.05) is 18.0 Å². The van der Waals surface area contributed by atoms with Crippen LogP contribution in [0.3, 0.4) is 0 Å². The normalized spacial score (nSPS) is 18.3. The number of aromatic nitrogens is 5. The molecule has 0 amide bonds. The number of ether oxygens (including phenoxy) is 1. The van der Waals surface area contributed by atoms with Gasteiger partial charge in [-0.1, -0.05) is 11.6 Å². The summed E-state index contributed by atoms with van der Waals surface area (Å²) in [6.45, 7) is 6.58. The molecule has 35 heavy (non-hydrogen) atoms. The number of nitrogens with zero attached hydrogens (tertiary/aromatic N) is 6. The smallest absolute Gasteiger partial charge is 0.279 e. The molecule has 1 aromatic carbocycles. The van der Waals surface area contributed by atoms with Crippen molar-refractivity contribution in [1.82, 2.24) is 24.5 Å². The first-order valence-electron chi connectivity index (χ1n) is 11.2. The van der Waals surface area contributed by atoms with Crippen molar-refractivity contribution in [3.8, 4) is 11.3 Å². The van der Waals surface area contributed by atoms with E-state index in [9.17, 15) is 4.79 Å². The van der Waals surface area contributed by atoms with Crippen LogP contribution in [0.2, 0.25) is 5.02 Å². The van der Waals surface area contributed by atoms with Gasteiger partial charge in [-0.2, -0.15) is 0 Å². The molecule has 4 aromatic rings. The molecule has 0 N–H and O–H groups in total. The van der Waals surface area contributed by atoms with E-state index in [-0.39, 0.29) is 45.1 Å². The summed E-state index contributed by atoms with van der Waals surface area (Å²) in [5, 5.41) is 0.266. The van der Waals surface area contributed by atoms with Gasteiger partial charge in [0, 0.05) is 36.1 Å². The number of pyridine rings is 1. The topological polar surface area (TPSA) is 86.0 Å². The lowest BCUT2D eigenvalue weighted by Gasteiger charge is -2.37. The Morgan fingerprint density at radius 3 is 2.63 bits per heavy atom. The molecule has 10 heteroatoms. The van der Waals surface area contributed by atoms with E-state index in [2.05, 4.69) is 15.0 Å². The lowest BCUT2D eigenvalue weighted by molar-refractivity contribution is -0.0179. The Bertz CT molecular complexity index is 1510. The SMILES string of the molecule is Cc1cc([C@H]2CN(c3nc(-c4ccc(Cl)cc4F)c4nc(C)n(C)c(=O)c4n3)C[C@@H](C)O2)ccn1. The van der Waals surface area contributed by atoms with Crippen LogP contribution in [0.1, 0.15) is 30.1 Å². The van der Waals surface area contributed by atoms with Gasteiger partial charge in [-0.3, -0.25) is 14.3 Å². The van der Waals surface area contributed by atoms with Crippen LogP contribution in [0.4, 0.5) is 10.3 Å². The Morgan fingerprint density at radius 2 is 1.89 bits per heavy atom. The second-order valence-electron chi connectivity index (χ2n) is 8.79. The summed E-state index contributed by atoms with van der Waals surface area (Å²) in [7, 11) is 1.63. The average molecular weight is 495 g/mol. The number of anilines is 1. The van der Waals surface area contributed by atoms with Crippen molar-refractivity contribution >= 4 is 28.6 Å². The summed E-state index contributed by atoms with van der Waals surface area (Å²) in [4.78, 5) is 33.3. The van der Waals surface area contributed by atoms with Gasteiger partial charge in [0.25, 0.3) is 5.56 Å². The van der Waals surface area contributed by atoms with Gasteiger partial charge in [-0.15, -0.1) is 0 Å². The molecule has 1 saturated heterocycles. The van der Waals surface area contributed by atoms with E-state index >= 15 is 4.39 Å². The number of rotatable bonds is 3. The first kappa shape index (κ1) is 23.3. The summed E-state index contributed by atoms with van der Waals surface area (Å²) in [5.74, 6) is 0.238. The van der Waals surface area contributed by atoms with Crippen molar-refractivity contribution in [1.29, 1.82) is 0 Å². The van der Waals surface area contributed by atoms with Crippen molar-refractivity contribution in [3.05, 3.63) is 74.8 Å². The van der Waals surface area contributed by atoms with Crippen LogP contribution in [-0.2, 0) is 11.8 Å². The quantitative estimate of drug-likeness (QED) is 0.422. The van der Waals surface area contributed by atoms with Gasteiger partial charge in [0.2, 0.25) is 5.95 Å². The number of benzene rings is 1. The highest BCUT2D eigenvalue weighted by molar-refractivity contribution is 6.30. The highest BCUT2D eigenvalue weighted by Crippen LogP contribution is 2.32. The maximum Gasteiger partial charge on any atom is 0.279 e. The molecule has 4 heterocycles. The van der Waals surface area contributed by atoms with E-state index in [1.807, 2.05) is 30.9 Å². The fraction of sp³-hybridized carbons (Fsp3) is 0.320. The predicted molar refractivity (Wildman–Crippen MR) is 132 cm³/mol. The molecule has 0 bridgehead atoms. The second-order valence-corrected chi connectivity index (χ2v) is 9.22. The highest BCUT2D eigenvalue weighted by atomic mass is 35.5. The monoisotopic (exact) mass is 494 g/mol. The Balaban J connectivity index is 1.68. The third-order valence-corrected chi connectivity index (χ3v) is 6.40. The molecule has 1 fully saturated rings. The molecule has 0 radical (unpaired) electrons. The Labute approximate surface area is 206 Å². The van der Waals surface area contributed by atoms with E-state index in [1.54, 1.807) is 32.3 Å². The van der Waals surface area contributed by atoms with Gasteiger partial charge < -0.3 is 9.64 Å². The average Bonchev–Trinajstić information content (AvgIpc) is 2.82. The second kappa shape index (κ2) is 8.98. The number of fused-ring (bicyclic) bond motifs is 1. The lowest BCUT2D eigenvalue weighted by atomic mass is 10.1. The van der Waals surface area contributed by atoms with Gasteiger partial charge in [-0.25, -0.2) is 19.3 Å². The molecule has 0 saturated carbocycles. The number of halogens is 2. The molecule has 3 aromatic heterocycles. The fourth-order valence-corrected chi connectivity index (χ4v) is 4.48. The van der Waals surface area contributed by atoms with Gasteiger partial charge in [0.1, 0.15) is 29.0 Å². The largest absolute Gasteiger partial charge is 0.367 e.